The van der Waals surface area contributed by atoms with Gasteiger partial charge in [-0.2, -0.15) is 0 Å². The van der Waals surface area contributed by atoms with Crippen LogP contribution in [0.1, 0.15) is 36.7 Å². The van der Waals surface area contributed by atoms with Gasteiger partial charge in [-0.25, -0.2) is 0 Å². The van der Waals surface area contributed by atoms with Crippen LogP contribution in [-0.4, -0.2) is 48.0 Å². The molecule has 1 spiro atoms. The number of fused-ring (bicyclic) bond motifs is 1. The third-order valence-electron chi connectivity index (χ3n) is 4.28. The normalized spacial score (nSPS) is 23.5. The predicted molar refractivity (Wildman–Crippen MR) is 80.7 cm³/mol. The summed E-state index contributed by atoms with van der Waals surface area (Å²) >= 11 is 0. The first-order valence-corrected chi connectivity index (χ1v) is 7.61. The van der Waals surface area contributed by atoms with Crippen molar-refractivity contribution in [2.45, 2.75) is 31.8 Å². The number of hydrogen-bond donors (Lipinski definition) is 1. The Morgan fingerprint density at radius 1 is 1.45 bits per heavy atom. The highest BCUT2D eigenvalue weighted by Crippen LogP contribution is 2.30. The molecular weight excluding hydrogens is 286 g/mol. The second kappa shape index (κ2) is 5.64. The maximum atomic E-state index is 12.8. The number of unbranched alkanes of at least 4 members (excludes halogenated alkanes) is 1. The fourth-order valence-corrected chi connectivity index (χ4v) is 2.83. The lowest BCUT2D eigenvalue weighted by atomic mass is 10.1. The maximum absolute atomic E-state index is 12.8. The Morgan fingerprint density at radius 3 is 2.95 bits per heavy atom. The Kier molecular flexibility index (Phi) is 3.82. The van der Waals surface area contributed by atoms with Gasteiger partial charge in [0.25, 0.3) is 5.91 Å². The van der Waals surface area contributed by atoms with Crippen LogP contribution in [0, 0.1) is 0 Å². The minimum Gasteiger partial charge on any atom is -0.487 e. The minimum absolute atomic E-state index is 0.120. The van der Waals surface area contributed by atoms with E-state index in [0.29, 0.717) is 26.2 Å². The minimum atomic E-state index is -0.556. The van der Waals surface area contributed by atoms with E-state index in [0.717, 1.165) is 12.8 Å². The van der Waals surface area contributed by atoms with Crippen LogP contribution < -0.4 is 15.6 Å². The first-order chi connectivity index (χ1) is 10.6. The molecule has 1 fully saturated rings. The van der Waals surface area contributed by atoms with Crippen LogP contribution in [0.5, 0.6) is 5.75 Å². The Morgan fingerprint density at radius 2 is 2.27 bits per heavy atom. The van der Waals surface area contributed by atoms with Gasteiger partial charge < -0.3 is 14.4 Å². The highest BCUT2D eigenvalue weighted by Gasteiger charge is 2.46. The standard InChI is InChI=1S/C15H21N3O4/c1-3-4-8-22-13-11(19)5-7-18-12(13)14(20)17(2)15(16-18)6-9-21-10-15/h5,7,16H,3-4,6,8-10H2,1-2H3. The van der Waals surface area contributed by atoms with E-state index in [4.69, 9.17) is 9.47 Å². The van der Waals surface area contributed by atoms with E-state index in [1.54, 1.807) is 22.8 Å². The van der Waals surface area contributed by atoms with Crippen LogP contribution in [0.25, 0.3) is 0 Å². The third kappa shape index (κ3) is 2.25. The second-order valence-corrected chi connectivity index (χ2v) is 5.74. The monoisotopic (exact) mass is 307 g/mol. The summed E-state index contributed by atoms with van der Waals surface area (Å²) in [7, 11) is 1.72. The van der Waals surface area contributed by atoms with Crippen LogP contribution >= 0.6 is 0 Å². The van der Waals surface area contributed by atoms with Crippen molar-refractivity contribution in [2.24, 2.45) is 0 Å². The summed E-state index contributed by atoms with van der Waals surface area (Å²) in [5.41, 5.74) is 2.71. The molecule has 22 heavy (non-hydrogen) atoms. The van der Waals surface area contributed by atoms with E-state index in [-0.39, 0.29) is 22.8 Å². The van der Waals surface area contributed by atoms with E-state index in [9.17, 15) is 9.59 Å². The number of ether oxygens (including phenoxy) is 2. The summed E-state index contributed by atoms with van der Waals surface area (Å²) in [6.45, 7) is 3.49. The van der Waals surface area contributed by atoms with Gasteiger partial charge in [0.05, 0.1) is 19.8 Å². The van der Waals surface area contributed by atoms with Gasteiger partial charge in [0.1, 0.15) is 0 Å². The van der Waals surface area contributed by atoms with E-state index in [2.05, 4.69) is 5.43 Å². The van der Waals surface area contributed by atoms with Gasteiger partial charge in [-0.15, -0.1) is 0 Å². The Bertz CT molecular complexity index is 634. The van der Waals surface area contributed by atoms with Gasteiger partial charge in [-0.05, 0) is 6.42 Å². The average molecular weight is 307 g/mol. The van der Waals surface area contributed by atoms with Crippen molar-refractivity contribution in [3.8, 4) is 5.75 Å². The molecular formula is C15H21N3O4. The van der Waals surface area contributed by atoms with Crippen LogP contribution in [0.4, 0.5) is 0 Å². The number of carbonyl (C=O) groups is 1. The molecule has 3 rings (SSSR count). The molecule has 7 heteroatoms. The molecule has 0 aromatic carbocycles. The number of rotatable bonds is 4. The van der Waals surface area contributed by atoms with Crippen molar-refractivity contribution in [1.29, 1.82) is 0 Å². The highest BCUT2D eigenvalue weighted by atomic mass is 16.5. The summed E-state index contributed by atoms with van der Waals surface area (Å²) in [5, 5.41) is 0. The van der Waals surface area contributed by atoms with Crippen molar-refractivity contribution < 1.29 is 14.3 Å². The topological polar surface area (TPSA) is 72.8 Å². The quantitative estimate of drug-likeness (QED) is 0.832. The van der Waals surface area contributed by atoms with Gasteiger partial charge in [0, 0.05) is 25.7 Å². The summed E-state index contributed by atoms with van der Waals surface area (Å²) in [6, 6.07) is 1.42. The van der Waals surface area contributed by atoms with Gasteiger partial charge in [0.2, 0.25) is 5.43 Å². The number of aromatic nitrogens is 1. The smallest absolute Gasteiger partial charge is 0.278 e. The Balaban J connectivity index is 2.00. The van der Waals surface area contributed by atoms with Gasteiger partial charge >= 0.3 is 0 Å². The van der Waals surface area contributed by atoms with Crippen LogP contribution in [0.15, 0.2) is 17.1 Å². The maximum Gasteiger partial charge on any atom is 0.278 e. The molecule has 1 N–H and O–H groups in total. The SMILES string of the molecule is CCCCOc1c2n(ccc1=O)NC1(CCOC1)N(C)C2=O. The van der Waals surface area contributed by atoms with Crippen molar-refractivity contribution in [2.75, 3.05) is 32.3 Å². The summed E-state index contributed by atoms with van der Waals surface area (Å²) in [5.74, 6) is -0.109. The molecule has 1 unspecified atom stereocenters. The van der Waals surface area contributed by atoms with Crippen molar-refractivity contribution in [1.82, 2.24) is 9.58 Å². The molecule has 1 amide bonds. The van der Waals surface area contributed by atoms with Crippen molar-refractivity contribution in [3.63, 3.8) is 0 Å². The lowest BCUT2D eigenvalue weighted by Crippen LogP contribution is -2.63. The van der Waals surface area contributed by atoms with E-state index >= 15 is 0 Å². The van der Waals surface area contributed by atoms with Crippen LogP contribution in [-0.2, 0) is 4.74 Å². The molecule has 1 atom stereocenters. The van der Waals surface area contributed by atoms with Crippen molar-refractivity contribution >= 4 is 5.91 Å². The molecule has 120 valence electrons. The molecule has 1 aromatic heterocycles. The zero-order valence-electron chi connectivity index (χ0n) is 12.9. The first-order valence-electron chi connectivity index (χ1n) is 7.61. The summed E-state index contributed by atoms with van der Waals surface area (Å²) < 4.78 is 12.6. The number of hydrogen-bond acceptors (Lipinski definition) is 5. The molecule has 2 aliphatic rings. The fourth-order valence-electron chi connectivity index (χ4n) is 2.83. The number of nitrogens with one attached hydrogen (secondary N) is 1. The molecule has 0 aliphatic carbocycles. The molecule has 0 bridgehead atoms. The number of carbonyl (C=O) groups excluding carboxylic acids is 1. The summed E-state index contributed by atoms with van der Waals surface area (Å²) in [4.78, 5) is 26.5. The predicted octanol–water partition coefficient (Wildman–Crippen LogP) is 0.773. The highest BCUT2D eigenvalue weighted by molar-refractivity contribution is 5.96. The molecule has 7 nitrogen and oxygen atoms in total. The molecule has 1 aromatic rings. The molecule has 2 aliphatic heterocycles. The fraction of sp³-hybridized carbons (Fsp3) is 0.600. The number of pyridine rings is 1. The first kappa shape index (κ1) is 14.9. The molecule has 0 radical (unpaired) electrons. The molecule has 3 heterocycles. The lowest BCUT2D eigenvalue weighted by Gasteiger charge is -2.44. The second-order valence-electron chi connectivity index (χ2n) is 5.74. The zero-order valence-corrected chi connectivity index (χ0v) is 12.9. The zero-order chi connectivity index (χ0) is 15.7. The Labute approximate surface area is 128 Å². The van der Waals surface area contributed by atoms with Gasteiger partial charge in [0.15, 0.2) is 17.1 Å². The van der Waals surface area contributed by atoms with Crippen LogP contribution in [0.3, 0.4) is 0 Å². The van der Waals surface area contributed by atoms with E-state index < -0.39 is 5.66 Å². The molecule has 0 saturated carbocycles. The largest absolute Gasteiger partial charge is 0.487 e. The third-order valence-corrected chi connectivity index (χ3v) is 4.28. The van der Waals surface area contributed by atoms with E-state index in [1.165, 1.54) is 6.07 Å². The van der Waals surface area contributed by atoms with Crippen LogP contribution in [0.2, 0.25) is 0 Å². The lowest BCUT2D eigenvalue weighted by molar-refractivity contribution is 0.0461. The van der Waals surface area contributed by atoms with Crippen molar-refractivity contribution in [3.05, 3.63) is 28.2 Å². The Hall–Kier alpha value is -2.02. The number of amides is 1. The average Bonchev–Trinajstić information content (AvgIpc) is 2.97. The van der Waals surface area contributed by atoms with E-state index in [1.807, 2.05) is 6.92 Å². The molecule has 1 saturated heterocycles. The number of likely N-dealkylation sites (N-methyl/N-ethyl adjacent to an activating group) is 1. The van der Waals surface area contributed by atoms with Gasteiger partial charge in [-0.1, -0.05) is 13.3 Å². The summed E-state index contributed by atoms with van der Waals surface area (Å²) in [6.07, 6.45) is 4.08. The number of nitrogens with zero attached hydrogens (tertiary/aromatic N) is 2. The van der Waals surface area contributed by atoms with Gasteiger partial charge in [-0.3, -0.25) is 19.7 Å².